The van der Waals surface area contributed by atoms with Gasteiger partial charge in [-0.1, -0.05) is 38.8 Å². The van der Waals surface area contributed by atoms with Crippen molar-refractivity contribution in [3.8, 4) is 0 Å². The minimum absolute atomic E-state index is 0.450. The molecule has 1 heterocycles. The van der Waals surface area contributed by atoms with Gasteiger partial charge in [0.25, 0.3) is 0 Å². The van der Waals surface area contributed by atoms with Crippen molar-refractivity contribution >= 4 is 0 Å². The number of hydrogen-bond acceptors (Lipinski definition) is 2. The van der Waals surface area contributed by atoms with Crippen LogP contribution in [0.25, 0.3) is 0 Å². The minimum atomic E-state index is 0.450. The summed E-state index contributed by atoms with van der Waals surface area (Å²) in [5.41, 5.74) is 2.64. The first-order valence-corrected chi connectivity index (χ1v) is 7.45. The number of aryl methyl sites for hydroxylation is 1. The van der Waals surface area contributed by atoms with E-state index in [0.29, 0.717) is 6.04 Å². The Morgan fingerprint density at radius 1 is 0.889 bits per heavy atom. The lowest BCUT2D eigenvalue weighted by Gasteiger charge is -2.12. The zero-order valence-electron chi connectivity index (χ0n) is 12.7. The van der Waals surface area contributed by atoms with Crippen LogP contribution in [0.3, 0.4) is 0 Å². The maximum Gasteiger partial charge on any atom is 0.0859 e. The van der Waals surface area contributed by atoms with E-state index in [0.717, 1.165) is 12.3 Å². The first-order chi connectivity index (χ1) is 8.52. The molecule has 0 aromatic carbocycles. The van der Waals surface area contributed by atoms with E-state index >= 15 is 0 Å². The fourth-order valence-electron chi connectivity index (χ4n) is 2.15. The molecule has 2 rings (SSSR count). The summed E-state index contributed by atoms with van der Waals surface area (Å²) in [7, 11) is 0. The molecular formula is C15H29N3. The number of nitrogens with zero attached hydrogens (tertiary/aromatic N) is 3. The number of fused-ring (bicyclic) bond motifs is 1. The molecule has 0 fully saturated rings. The van der Waals surface area contributed by atoms with Crippen molar-refractivity contribution in [1.82, 2.24) is 15.0 Å². The molecule has 0 spiro atoms. The molecular weight excluding hydrogens is 222 g/mol. The van der Waals surface area contributed by atoms with Gasteiger partial charge in [-0.15, -0.1) is 5.10 Å². The summed E-state index contributed by atoms with van der Waals surface area (Å²) in [5, 5.41) is 8.54. The Morgan fingerprint density at radius 2 is 1.44 bits per heavy atom. The van der Waals surface area contributed by atoms with Crippen LogP contribution in [0, 0.1) is 5.92 Å². The van der Waals surface area contributed by atoms with Crippen molar-refractivity contribution in [1.29, 1.82) is 0 Å². The second-order valence-electron chi connectivity index (χ2n) is 6.17. The van der Waals surface area contributed by atoms with Gasteiger partial charge in [-0.2, -0.15) is 0 Å². The van der Waals surface area contributed by atoms with E-state index in [1.54, 1.807) is 0 Å². The molecule has 0 amide bonds. The van der Waals surface area contributed by atoms with Crippen LogP contribution in [0.5, 0.6) is 0 Å². The predicted molar refractivity (Wildman–Crippen MR) is 76.8 cm³/mol. The lowest BCUT2D eigenvalue weighted by Crippen LogP contribution is -2.09. The van der Waals surface area contributed by atoms with E-state index in [9.17, 15) is 0 Å². The number of aromatic nitrogens is 3. The first-order valence-electron chi connectivity index (χ1n) is 7.45. The van der Waals surface area contributed by atoms with Gasteiger partial charge in [0.05, 0.1) is 11.4 Å². The van der Waals surface area contributed by atoms with Gasteiger partial charge in [-0.25, -0.2) is 4.68 Å². The highest BCUT2D eigenvalue weighted by Gasteiger charge is 2.15. The largest absolute Gasteiger partial charge is 0.247 e. The molecule has 0 N–H and O–H groups in total. The highest BCUT2D eigenvalue weighted by Crippen LogP contribution is 2.20. The van der Waals surface area contributed by atoms with Crippen molar-refractivity contribution in [3.63, 3.8) is 0 Å². The number of hydrogen-bond donors (Lipinski definition) is 0. The molecule has 0 saturated heterocycles. The fraction of sp³-hybridized carbons (Fsp3) is 0.867. The van der Waals surface area contributed by atoms with Gasteiger partial charge < -0.3 is 0 Å². The van der Waals surface area contributed by atoms with Gasteiger partial charge in [0, 0.05) is 6.04 Å². The average molecular weight is 251 g/mol. The maximum absolute atomic E-state index is 4.29. The van der Waals surface area contributed by atoms with Crippen molar-refractivity contribution in [2.24, 2.45) is 5.92 Å². The molecule has 1 aliphatic carbocycles. The summed E-state index contributed by atoms with van der Waals surface area (Å²) in [6.45, 7) is 10.8. The number of rotatable bonds is 1. The molecule has 0 unspecified atom stereocenters. The SMILES string of the molecule is CC(C)C.CC(C)n1nnc2c1CCCCCC2. The van der Waals surface area contributed by atoms with E-state index < -0.39 is 0 Å². The molecule has 0 atom stereocenters. The normalized spacial score (nSPS) is 15.7. The molecule has 1 aromatic heterocycles. The molecule has 3 nitrogen and oxygen atoms in total. The van der Waals surface area contributed by atoms with E-state index in [1.165, 1.54) is 43.5 Å². The quantitative estimate of drug-likeness (QED) is 0.749. The summed E-state index contributed by atoms with van der Waals surface area (Å²) in [5.74, 6) is 0.833. The fourth-order valence-corrected chi connectivity index (χ4v) is 2.15. The van der Waals surface area contributed by atoms with Crippen LogP contribution in [0.1, 0.15) is 77.7 Å². The Kier molecular flexibility index (Phi) is 6.37. The molecule has 0 aliphatic heterocycles. The van der Waals surface area contributed by atoms with Crippen LogP contribution in [-0.2, 0) is 12.8 Å². The van der Waals surface area contributed by atoms with E-state index in [4.69, 9.17) is 0 Å². The molecule has 18 heavy (non-hydrogen) atoms. The highest BCUT2D eigenvalue weighted by atomic mass is 15.4. The van der Waals surface area contributed by atoms with Crippen LogP contribution < -0.4 is 0 Å². The summed E-state index contributed by atoms with van der Waals surface area (Å²) >= 11 is 0. The zero-order valence-corrected chi connectivity index (χ0v) is 12.7. The second kappa shape index (κ2) is 7.55. The molecule has 1 aromatic rings. The molecule has 0 bridgehead atoms. The monoisotopic (exact) mass is 251 g/mol. The Labute approximate surface area is 112 Å². The first kappa shape index (κ1) is 15.2. The van der Waals surface area contributed by atoms with Crippen molar-refractivity contribution in [2.45, 2.75) is 79.2 Å². The average Bonchev–Trinajstić information content (AvgIpc) is 2.59. The van der Waals surface area contributed by atoms with Crippen molar-refractivity contribution in [3.05, 3.63) is 11.4 Å². The van der Waals surface area contributed by atoms with E-state index in [2.05, 4.69) is 49.6 Å². The Balaban J connectivity index is 0.000000357. The lowest BCUT2D eigenvalue weighted by atomic mass is 10.0. The standard InChI is InChI=1S/C11H19N3.C4H10/c1-9(2)14-11-8-6-4-3-5-7-10(11)12-13-14;1-4(2)3/h9H,3-8H2,1-2H3;4H,1-3H3. The Hall–Kier alpha value is -0.860. The van der Waals surface area contributed by atoms with Crippen LogP contribution in [0.15, 0.2) is 0 Å². The van der Waals surface area contributed by atoms with Gasteiger partial charge >= 0.3 is 0 Å². The zero-order chi connectivity index (χ0) is 13.5. The summed E-state index contributed by atoms with van der Waals surface area (Å²) in [4.78, 5) is 0. The van der Waals surface area contributed by atoms with Crippen LogP contribution in [0.4, 0.5) is 0 Å². The van der Waals surface area contributed by atoms with Gasteiger partial charge in [0.15, 0.2) is 0 Å². The third kappa shape index (κ3) is 4.79. The third-order valence-corrected chi connectivity index (χ3v) is 2.94. The van der Waals surface area contributed by atoms with Crippen molar-refractivity contribution < 1.29 is 0 Å². The summed E-state index contributed by atoms with van der Waals surface area (Å²) < 4.78 is 2.10. The molecule has 0 saturated carbocycles. The van der Waals surface area contributed by atoms with Crippen LogP contribution in [0.2, 0.25) is 0 Å². The van der Waals surface area contributed by atoms with Gasteiger partial charge in [0.2, 0.25) is 0 Å². The molecule has 0 radical (unpaired) electrons. The predicted octanol–water partition coefficient (Wildman–Crippen LogP) is 4.18. The molecule has 3 heteroatoms. The van der Waals surface area contributed by atoms with Crippen molar-refractivity contribution in [2.75, 3.05) is 0 Å². The van der Waals surface area contributed by atoms with Gasteiger partial charge in [-0.05, 0) is 45.4 Å². The van der Waals surface area contributed by atoms with E-state index in [-0.39, 0.29) is 0 Å². The summed E-state index contributed by atoms with van der Waals surface area (Å²) in [6, 6.07) is 0.450. The lowest BCUT2D eigenvalue weighted by molar-refractivity contribution is 0.485. The summed E-state index contributed by atoms with van der Waals surface area (Å²) in [6.07, 6.45) is 7.59. The second-order valence-corrected chi connectivity index (χ2v) is 6.17. The smallest absolute Gasteiger partial charge is 0.0859 e. The molecule has 104 valence electrons. The van der Waals surface area contributed by atoms with Gasteiger partial charge in [-0.3, -0.25) is 0 Å². The minimum Gasteiger partial charge on any atom is -0.247 e. The third-order valence-electron chi connectivity index (χ3n) is 2.94. The van der Waals surface area contributed by atoms with Crippen LogP contribution in [-0.4, -0.2) is 15.0 Å². The topological polar surface area (TPSA) is 30.7 Å². The maximum atomic E-state index is 4.29. The van der Waals surface area contributed by atoms with E-state index in [1.807, 2.05) is 0 Å². The molecule has 1 aliphatic rings. The van der Waals surface area contributed by atoms with Gasteiger partial charge in [0.1, 0.15) is 0 Å². The highest BCUT2D eigenvalue weighted by molar-refractivity contribution is 5.12. The Bertz CT molecular complexity index is 337. The van der Waals surface area contributed by atoms with Crippen LogP contribution >= 0.6 is 0 Å². The Morgan fingerprint density at radius 3 is 2.00 bits per heavy atom.